The molecule has 1 saturated carbocycles. The minimum atomic E-state index is -4.83. The van der Waals surface area contributed by atoms with E-state index in [0.717, 1.165) is 32.1 Å². The van der Waals surface area contributed by atoms with Gasteiger partial charge in [-0.1, -0.05) is 25.3 Å². The molecule has 1 amide bonds. The lowest BCUT2D eigenvalue weighted by Gasteiger charge is -2.26. The van der Waals surface area contributed by atoms with Crippen LogP contribution in [0.25, 0.3) is 11.3 Å². The highest BCUT2D eigenvalue weighted by molar-refractivity contribution is 7.89. The lowest BCUT2D eigenvalue weighted by atomic mass is 9.89. The molecular weight excluding hydrogens is 555 g/mol. The van der Waals surface area contributed by atoms with Crippen LogP contribution in [0.5, 0.6) is 0 Å². The molecule has 228 valence electrons. The number of carbonyl (C=O) groups excluding carboxylic acids is 1. The number of hydrogen-bond donors (Lipinski definition) is 2. The summed E-state index contributed by atoms with van der Waals surface area (Å²) in [6.45, 7) is 9.46. The van der Waals surface area contributed by atoms with E-state index in [1.54, 1.807) is 33.8 Å². The Morgan fingerprint density at radius 3 is 2.24 bits per heavy atom. The second kappa shape index (κ2) is 12.1. The van der Waals surface area contributed by atoms with Gasteiger partial charge in [0.25, 0.3) is 5.91 Å². The van der Waals surface area contributed by atoms with E-state index in [1.807, 2.05) is 4.57 Å². The number of carbonyl (C=O) groups is 1. The smallest absolute Gasteiger partial charge is 0.381 e. The van der Waals surface area contributed by atoms with Crippen molar-refractivity contribution in [2.75, 3.05) is 13.2 Å². The van der Waals surface area contributed by atoms with Gasteiger partial charge < -0.3 is 14.6 Å². The van der Waals surface area contributed by atoms with Crippen molar-refractivity contribution in [1.29, 1.82) is 0 Å². The summed E-state index contributed by atoms with van der Waals surface area (Å²) in [6, 6.07) is 3.95. The van der Waals surface area contributed by atoms with Crippen molar-refractivity contribution in [2.24, 2.45) is 5.92 Å². The molecule has 1 aromatic carbocycles. The van der Waals surface area contributed by atoms with Gasteiger partial charge in [0.1, 0.15) is 0 Å². The van der Waals surface area contributed by atoms with Crippen LogP contribution in [0.3, 0.4) is 0 Å². The van der Waals surface area contributed by atoms with Gasteiger partial charge >= 0.3 is 6.18 Å². The highest BCUT2D eigenvalue weighted by Gasteiger charge is 2.39. The Morgan fingerprint density at radius 2 is 1.66 bits per heavy atom. The minimum Gasteiger partial charge on any atom is -0.381 e. The van der Waals surface area contributed by atoms with Crippen LogP contribution in [-0.4, -0.2) is 43.7 Å². The summed E-state index contributed by atoms with van der Waals surface area (Å²) >= 11 is 0. The van der Waals surface area contributed by atoms with Crippen molar-refractivity contribution in [3.8, 4) is 11.3 Å². The van der Waals surface area contributed by atoms with Crippen LogP contribution in [0.1, 0.15) is 92.9 Å². The zero-order valence-electron chi connectivity index (χ0n) is 24.6. The molecule has 41 heavy (non-hydrogen) atoms. The van der Waals surface area contributed by atoms with Crippen LogP contribution in [0.15, 0.2) is 23.1 Å². The number of sulfonamides is 1. The van der Waals surface area contributed by atoms with Crippen molar-refractivity contribution >= 4 is 15.9 Å². The van der Waals surface area contributed by atoms with E-state index in [2.05, 4.69) is 10.0 Å². The number of amides is 1. The zero-order chi connectivity index (χ0) is 30.2. The van der Waals surface area contributed by atoms with Gasteiger partial charge in [0.05, 0.1) is 16.0 Å². The van der Waals surface area contributed by atoms with E-state index in [1.165, 1.54) is 19.1 Å². The largest absolute Gasteiger partial charge is 0.417 e. The Hall–Kier alpha value is -2.37. The zero-order valence-corrected chi connectivity index (χ0v) is 25.4. The monoisotopic (exact) mass is 597 g/mol. The number of aromatic nitrogens is 1. The molecule has 7 nitrogen and oxygen atoms in total. The number of ether oxygens (including phenoxy) is 1. The van der Waals surface area contributed by atoms with Crippen LogP contribution in [-0.2, 0) is 27.5 Å². The van der Waals surface area contributed by atoms with Crippen LogP contribution in [0, 0.1) is 19.8 Å². The number of hydrogen-bond acceptors (Lipinski definition) is 4. The third kappa shape index (κ3) is 7.35. The first-order valence-electron chi connectivity index (χ1n) is 14.4. The summed E-state index contributed by atoms with van der Waals surface area (Å²) in [5.74, 6) is -0.0389. The topological polar surface area (TPSA) is 89.4 Å². The lowest BCUT2D eigenvalue weighted by Crippen LogP contribution is -2.40. The third-order valence-corrected chi connectivity index (χ3v) is 9.94. The van der Waals surface area contributed by atoms with Crippen molar-refractivity contribution in [3.05, 3.63) is 40.6 Å². The third-order valence-electron chi connectivity index (χ3n) is 8.04. The summed E-state index contributed by atoms with van der Waals surface area (Å²) in [5, 5.41) is 3.04. The Kier molecular flexibility index (Phi) is 9.31. The maximum atomic E-state index is 14.8. The van der Waals surface area contributed by atoms with Crippen LogP contribution in [0.4, 0.5) is 13.2 Å². The van der Waals surface area contributed by atoms with Crippen LogP contribution < -0.4 is 10.0 Å². The number of benzene rings is 1. The molecule has 2 N–H and O–H groups in total. The molecule has 1 saturated heterocycles. The van der Waals surface area contributed by atoms with Gasteiger partial charge in [0, 0.05) is 48.3 Å². The van der Waals surface area contributed by atoms with Crippen molar-refractivity contribution in [1.82, 2.24) is 14.6 Å². The molecule has 2 fully saturated rings. The summed E-state index contributed by atoms with van der Waals surface area (Å²) < 4.78 is 80.2. The number of rotatable bonds is 7. The van der Waals surface area contributed by atoms with Crippen LogP contribution >= 0.6 is 0 Å². The minimum absolute atomic E-state index is 0.0615. The van der Waals surface area contributed by atoms with Crippen LogP contribution in [0.2, 0.25) is 0 Å². The molecule has 1 aliphatic heterocycles. The Labute approximate surface area is 241 Å². The normalized spacial score (nSPS) is 18.0. The van der Waals surface area contributed by atoms with Gasteiger partial charge in [-0.15, -0.1) is 0 Å². The first-order valence-corrected chi connectivity index (χ1v) is 15.9. The molecule has 2 aromatic rings. The number of alkyl halides is 3. The Bertz CT molecular complexity index is 1360. The molecule has 0 unspecified atom stereocenters. The van der Waals surface area contributed by atoms with Gasteiger partial charge in [-0.05, 0) is 83.9 Å². The molecule has 0 atom stereocenters. The Balaban J connectivity index is 1.85. The second-order valence-electron chi connectivity index (χ2n) is 12.5. The first-order chi connectivity index (χ1) is 19.1. The molecule has 0 spiro atoms. The molecule has 2 heterocycles. The predicted molar refractivity (Wildman–Crippen MR) is 152 cm³/mol. The summed E-state index contributed by atoms with van der Waals surface area (Å²) in [4.78, 5) is 13.0. The Morgan fingerprint density at radius 1 is 1.02 bits per heavy atom. The average molecular weight is 598 g/mol. The average Bonchev–Trinajstić information content (AvgIpc) is 3.18. The standard InChI is InChI=1S/C30H42F3N3O4S/c1-19-26(41(38,39)35-29(3,4)5)12-11-23(27(19)30(31,32)33)25-17-24(28(37)34-22-13-15-40-16-14-22)20(2)36(25)18-21-9-7-6-8-10-21/h11-12,17,21-22,35H,6-10,13-16,18H2,1-5H3,(H,34,37). The molecule has 1 aromatic heterocycles. The molecular formula is C30H42F3N3O4S. The molecule has 2 aliphatic rings. The highest BCUT2D eigenvalue weighted by Crippen LogP contribution is 2.43. The number of nitrogens with one attached hydrogen (secondary N) is 2. The lowest BCUT2D eigenvalue weighted by molar-refractivity contribution is -0.137. The quantitative estimate of drug-likeness (QED) is 0.389. The molecule has 0 radical (unpaired) electrons. The maximum Gasteiger partial charge on any atom is 0.417 e. The number of halogens is 3. The highest BCUT2D eigenvalue weighted by atomic mass is 32.2. The summed E-state index contributed by atoms with van der Waals surface area (Å²) in [7, 11) is -4.23. The fourth-order valence-corrected chi connectivity index (χ4v) is 7.76. The van der Waals surface area contributed by atoms with Gasteiger partial charge in [-0.2, -0.15) is 13.2 Å². The SMILES string of the molecule is Cc1c(S(=O)(=O)NC(C)(C)C)ccc(-c2cc(C(=O)NC3CCOCC3)c(C)n2CC2CCCCC2)c1C(F)(F)F. The van der Waals surface area contributed by atoms with E-state index < -0.39 is 32.2 Å². The second-order valence-corrected chi connectivity index (χ2v) is 14.1. The van der Waals surface area contributed by atoms with E-state index >= 15 is 0 Å². The van der Waals surface area contributed by atoms with Gasteiger partial charge in [-0.3, -0.25) is 4.79 Å². The molecule has 0 bridgehead atoms. The van der Waals surface area contributed by atoms with E-state index in [0.29, 0.717) is 43.9 Å². The molecule has 1 aliphatic carbocycles. The van der Waals surface area contributed by atoms with Gasteiger partial charge in [0.2, 0.25) is 10.0 Å². The van der Waals surface area contributed by atoms with Gasteiger partial charge in [-0.25, -0.2) is 13.1 Å². The van der Waals surface area contributed by atoms with E-state index in [4.69, 9.17) is 4.74 Å². The first kappa shape index (κ1) is 31.6. The van der Waals surface area contributed by atoms with E-state index in [9.17, 15) is 26.4 Å². The van der Waals surface area contributed by atoms with Crippen molar-refractivity contribution in [3.63, 3.8) is 0 Å². The fourth-order valence-electron chi connectivity index (χ4n) is 6.09. The van der Waals surface area contributed by atoms with Gasteiger partial charge in [0.15, 0.2) is 0 Å². The predicted octanol–water partition coefficient (Wildman–Crippen LogP) is 6.36. The molecule has 11 heteroatoms. The van der Waals surface area contributed by atoms with Crippen molar-refractivity contribution < 1.29 is 31.1 Å². The number of nitrogens with zero attached hydrogens (tertiary/aromatic N) is 1. The molecule has 4 rings (SSSR count). The van der Waals surface area contributed by atoms with Crippen molar-refractivity contribution in [2.45, 2.75) is 109 Å². The summed E-state index contributed by atoms with van der Waals surface area (Å²) in [6.07, 6.45) is 1.75. The van der Waals surface area contributed by atoms with E-state index in [-0.39, 0.29) is 34.7 Å². The maximum absolute atomic E-state index is 14.8. The fraction of sp³-hybridized carbons (Fsp3) is 0.633. The summed E-state index contributed by atoms with van der Waals surface area (Å²) in [5.41, 5.74) is -1.18.